The first-order valence-electron chi connectivity index (χ1n) is 12.7. The number of halogens is 3. The highest BCUT2D eigenvalue weighted by Crippen LogP contribution is 2.38. The van der Waals surface area contributed by atoms with Crippen molar-refractivity contribution >= 4 is 23.2 Å². The Morgan fingerprint density at radius 3 is 2.60 bits per heavy atom. The van der Waals surface area contributed by atoms with E-state index >= 15 is 0 Å². The van der Waals surface area contributed by atoms with Crippen molar-refractivity contribution in [1.82, 2.24) is 19.5 Å². The van der Waals surface area contributed by atoms with Crippen LogP contribution in [0.15, 0.2) is 47.2 Å². The lowest BCUT2D eigenvalue weighted by Crippen LogP contribution is -2.47. The van der Waals surface area contributed by atoms with E-state index in [1.807, 2.05) is 26.0 Å². The molecule has 0 bridgehead atoms. The number of nitrogens with zero attached hydrogens (tertiary/aromatic N) is 4. The summed E-state index contributed by atoms with van der Waals surface area (Å²) in [6.07, 6.45) is -2.50. The highest BCUT2D eigenvalue weighted by Gasteiger charge is 2.54. The zero-order chi connectivity index (χ0) is 29.2. The molecule has 1 aromatic carbocycles. The van der Waals surface area contributed by atoms with E-state index in [4.69, 9.17) is 9.26 Å². The fourth-order valence-electron chi connectivity index (χ4n) is 4.03. The van der Waals surface area contributed by atoms with E-state index in [9.17, 15) is 22.8 Å². The van der Waals surface area contributed by atoms with Crippen LogP contribution in [0.3, 0.4) is 0 Å². The van der Waals surface area contributed by atoms with Crippen molar-refractivity contribution in [1.29, 1.82) is 0 Å². The van der Waals surface area contributed by atoms with E-state index in [2.05, 4.69) is 20.4 Å². The zero-order valence-electron chi connectivity index (χ0n) is 22.8. The van der Waals surface area contributed by atoms with Crippen LogP contribution in [0.25, 0.3) is 17.0 Å². The van der Waals surface area contributed by atoms with Crippen LogP contribution < -0.4 is 5.32 Å². The van der Waals surface area contributed by atoms with E-state index in [1.54, 1.807) is 42.6 Å². The number of aryl methyl sites for hydroxylation is 3. The number of rotatable bonds is 9. The van der Waals surface area contributed by atoms with Crippen molar-refractivity contribution in [3.05, 3.63) is 65.4 Å². The number of imidazole rings is 1. The molecule has 0 aliphatic carbocycles. The third-order valence-corrected chi connectivity index (χ3v) is 6.44. The van der Waals surface area contributed by atoms with Gasteiger partial charge < -0.3 is 14.6 Å². The second kappa shape index (κ2) is 11.1. The van der Waals surface area contributed by atoms with Gasteiger partial charge in [-0.1, -0.05) is 31.1 Å². The topological polar surface area (TPSA) is 112 Å². The van der Waals surface area contributed by atoms with Gasteiger partial charge in [0.2, 0.25) is 17.3 Å². The molecule has 9 nitrogen and oxygen atoms in total. The van der Waals surface area contributed by atoms with E-state index in [0.717, 1.165) is 18.1 Å². The van der Waals surface area contributed by atoms with Gasteiger partial charge in [-0.3, -0.25) is 14.0 Å². The molecular formula is C28H30F3N5O4. The molecule has 4 rings (SSSR count). The molecule has 0 aliphatic heterocycles. The van der Waals surface area contributed by atoms with Crippen molar-refractivity contribution in [3.8, 4) is 11.4 Å². The Bertz CT molecular complexity index is 1540. The van der Waals surface area contributed by atoms with Crippen LogP contribution in [0.1, 0.15) is 61.1 Å². The van der Waals surface area contributed by atoms with Crippen LogP contribution in [-0.4, -0.2) is 43.2 Å². The quantitative estimate of drug-likeness (QED) is 0.248. The van der Waals surface area contributed by atoms with Crippen LogP contribution in [-0.2, 0) is 16.0 Å². The lowest BCUT2D eigenvalue weighted by Gasteiger charge is -2.31. The van der Waals surface area contributed by atoms with E-state index in [-0.39, 0.29) is 36.4 Å². The average Bonchev–Trinajstić information content (AvgIpc) is 3.50. The van der Waals surface area contributed by atoms with Crippen molar-refractivity contribution in [2.75, 3.05) is 5.32 Å². The van der Waals surface area contributed by atoms with Gasteiger partial charge in [-0.05, 0) is 56.0 Å². The number of benzene rings is 1. The molecule has 1 amide bonds. The molecule has 12 heteroatoms. The second-order valence-electron chi connectivity index (χ2n) is 10.4. The summed E-state index contributed by atoms with van der Waals surface area (Å²) in [5.74, 6) is -1.34. The largest absolute Gasteiger partial charge is 0.450 e. The maximum absolute atomic E-state index is 13.8. The van der Waals surface area contributed by atoms with Gasteiger partial charge in [-0.2, -0.15) is 18.2 Å². The number of carbonyl (C=O) groups excluding carboxylic acids is 2. The molecule has 1 N–H and O–H groups in total. The predicted molar refractivity (Wildman–Crippen MR) is 141 cm³/mol. The Balaban J connectivity index is 1.49. The van der Waals surface area contributed by atoms with E-state index < -0.39 is 24.2 Å². The zero-order valence-corrected chi connectivity index (χ0v) is 22.8. The van der Waals surface area contributed by atoms with Gasteiger partial charge in [0.15, 0.2) is 0 Å². The molecule has 0 aliphatic rings. The van der Waals surface area contributed by atoms with Crippen molar-refractivity contribution in [2.45, 2.75) is 65.7 Å². The first-order valence-corrected chi connectivity index (χ1v) is 12.7. The van der Waals surface area contributed by atoms with E-state index in [0.29, 0.717) is 22.6 Å². The molecule has 4 aromatic rings. The van der Waals surface area contributed by atoms with Crippen LogP contribution in [0.5, 0.6) is 0 Å². The number of anilines is 1. The maximum atomic E-state index is 13.8. The fraction of sp³-hybridized carbons (Fsp3) is 0.393. The number of fused-ring (bicyclic) bond motifs is 1. The maximum Gasteiger partial charge on any atom is 0.428 e. The second-order valence-corrected chi connectivity index (χ2v) is 10.4. The number of carbonyl (C=O) groups is 2. The number of pyridine rings is 1. The summed E-state index contributed by atoms with van der Waals surface area (Å²) < 4.78 is 53.1. The van der Waals surface area contributed by atoms with Gasteiger partial charge in [0.1, 0.15) is 11.3 Å². The number of alkyl halides is 3. The van der Waals surface area contributed by atoms with Crippen LogP contribution in [0.4, 0.5) is 18.9 Å². The molecule has 0 unspecified atom stereocenters. The molecule has 212 valence electrons. The Labute approximate surface area is 228 Å². The van der Waals surface area contributed by atoms with Gasteiger partial charge >= 0.3 is 12.1 Å². The third kappa shape index (κ3) is 6.32. The lowest BCUT2D eigenvalue weighted by atomic mass is 9.98. The van der Waals surface area contributed by atoms with Gasteiger partial charge in [-0.25, -0.2) is 4.98 Å². The number of nitrogens with one attached hydrogen (secondary N) is 1. The monoisotopic (exact) mass is 557 g/mol. The number of aromatic nitrogens is 4. The fourth-order valence-corrected chi connectivity index (χ4v) is 4.03. The summed E-state index contributed by atoms with van der Waals surface area (Å²) in [6, 6.07) is 8.86. The lowest BCUT2D eigenvalue weighted by molar-refractivity contribution is -0.266. The summed E-state index contributed by atoms with van der Waals surface area (Å²) >= 11 is 0. The first kappa shape index (κ1) is 28.8. The summed E-state index contributed by atoms with van der Waals surface area (Å²) in [5.41, 5.74) is 1.07. The minimum Gasteiger partial charge on any atom is -0.450 e. The first-order chi connectivity index (χ1) is 18.8. The highest BCUT2D eigenvalue weighted by atomic mass is 19.4. The van der Waals surface area contributed by atoms with Crippen LogP contribution in [0.2, 0.25) is 0 Å². The number of amides is 1. The number of hydrogen-bond donors (Lipinski definition) is 1. The molecule has 0 radical (unpaired) electrons. The molecule has 40 heavy (non-hydrogen) atoms. The predicted octanol–water partition coefficient (Wildman–Crippen LogP) is 6.10. The average molecular weight is 558 g/mol. The van der Waals surface area contributed by atoms with Crippen LogP contribution >= 0.6 is 0 Å². The normalized spacial score (nSPS) is 13.4. The Morgan fingerprint density at radius 1 is 1.15 bits per heavy atom. The molecule has 0 spiro atoms. The molecular weight excluding hydrogens is 527 g/mol. The standard InChI is InChI=1S/C28H30F3N5O4/c1-16(2)12-24(37)39-27(5,28(29,30)31)10-8-23-34-25(35-40-23)19-7-6-18(4)20(14-19)33-26(38)21-15-32-22-13-17(3)9-11-36(21)22/h6-7,9,11,13-16H,8,10,12H2,1-5H3,(H,33,38)/t27-/m0/s1. The van der Waals surface area contributed by atoms with Gasteiger partial charge in [0.25, 0.3) is 5.91 Å². The Kier molecular flexibility index (Phi) is 7.99. The van der Waals surface area contributed by atoms with Gasteiger partial charge in [0.05, 0.1) is 6.20 Å². The van der Waals surface area contributed by atoms with E-state index in [1.165, 1.54) is 6.20 Å². The summed E-state index contributed by atoms with van der Waals surface area (Å²) in [6.45, 7) is 8.02. The number of esters is 1. The van der Waals surface area contributed by atoms with Gasteiger partial charge in [-0.15, -0.1) is 0 Å². The Hall–Kier alpha value is -4.22. The smallest absolute Gasteiger partial charge is 0.428 e. The Morgan fingerprint density at radius 2 is 1.90 bits per heavy atom. The van der Waals surface area contributed by atoms with Gasteiger partial charge in [0, 0.05) is 36.7 Å². The van der Waals surface area contributed by atoms with Crippen molar-refractivity contribution in [3.63, 3.8) is 0 Å². The number of ether oxygens (including phenoxy) is 1. The molecule has 0 saturated heterocycles. The molecule has 0 fully saturated rings. The number of hydrogen-bond acceptors (Lipinski definition) is 7. The highest BCUT2D eigenvalue weighted by molar-refractivity contribution is 6.04. The van der Waals surface area contributed by atoms with Crippen molar-refractivity contribution < 1.29 is 32.0 Å². The third-order valence-electron chi connectivity index (χ3n) is 6.44. The minimum atomic E-state index is -4.79. The molecule has 3 aromatic heterocycles. The SMILES string of the molecule is Cc1ccn2c(C(=O)Nc3cc(-c4noc(CC[C@](C)(OC(=O)CC(C)C)C(F)(F)F)n4)ccc3C)cnc2c1. The summed E-state index contributed by atoms with van der Waals surface area (Å²) in [4.78, 5) is 33.5. The summed E-state index contributed by atoms with van der Waals surface area (Å²) in [7, 11) is 0. The minimum absolute atomic E-state index is 0.0439. The summed E-state index contributed by atoms with van der Waals surface area (Å²) in [5, 5.41) is 6.77. The molecule has 1 atom stereocenters. The molecule has 0 saturated carbocycles. The molecule has 3 heterocycles. The van der Waals surface area contributed by atoms with Crippen molar-refractivity contribution in [2.24, 2.45) is 5.92 Å². The van der Waals surface area contributed by atoms with Crippen LogP contribution in [0, 0.1) is 19.8 Å².